The topological polar surface area (TPSA) is 119 Å². The van der Waals surface area contributed by atoms with Gasteiger partial charge in [-0.2, -0.15) is 0 Å². The number of nitrogens with two attached hydrogens (primary N) is 1. The van der Waals surface area contributed by atoms with Crippen LogP contribution in [0.1, 0.15) is 38.2 Å². The van der Waals surface area contributed by atoms with E-state index in [1.54, 1.807) is 24.0 Å². The van der Waals surface area contributed by atoms with Crippen LogP contribution in [0.3, 0.4) is 0 Å². The van der Waals surface area contributed by atoms with E-state index in [2.05, 4.69) is 10.2 Å². The second-order valence-corrected chi connectivity index (χ2v) is 9.28. The summed E-state index contributed by atoms with van der Waals surface area (Å²) in [6, 6.07) is 5.81. The number of hydrogen-bond donors (Lipinski definition) is 4. The van der Waals surface area contributed by atoms with E-state index in [0.717, 1.165) is 50.9 Å². The fourth-order valence-corrected chi connectivity index (χ4v) is 4.62. The molecule has 2 aliphatic rings. The molecule has 0 aromatic heterocycles. The Morgan fingerprint density at radius 1 is 1.16 bits per heavy atom. The summed E-state index contributed by atoms with van der Waals surface area (Å²) in [6.45, 7) is 5.03. The largest absolute Gasteiger partial charge is 0.380 e. The molecule has 0 radical (unpaired) electrons. The summed E-state index contributed by atoms with van der Waals surface area (Å²) in [7, 11) is 0. The van der Waals surface area contributed by atoms with Crippen LogP contribution in [0, 0.1) is 5.82 Å². The van der Waals surface area contributed by atoms with Gasteiger partial charge in [0.15, 0.2) is 12.2 Å². The summed E-state index contributed by atoms with van der Waals surface area (Å²) < 4.78 is 13.2. The summed E-state index contributed by atoms with van der Waals surface area (Å²) in [5, 5.41) is 23.6. The predicted molar refractivity (Wildman–Crippen MR) is 118 cm³/mol. The molecule has 2 saturated heterocycles. The number of carbonyl (C=O) groups is 2. The zero-order valence-corrected chi connectivity index (χ0v) is 18.7. The number of aliphatic hydroxyl groups excluding tert-OH is 2. The first-order chi connectivity index (χ1) is 15.2. The second kappa shape index (κ2) is 10.7. The van der Waals surface area contributed by atoms with Gasteiger partial charge in [0.05, 0.1) is 5.54 Å². The van der Waals surface area contributed by atoms with E-state index in [4.69, 9.17) is 5.73 Å². The molecule has 178 valence electrons. The van der Waals surface area contributed by atoms with Gasteiger partial charge in [-0.3, -0.25) is 9.59 Å². The number of benzene rings is 1. The molecule has 1 unspecified atom stereocenters. The first-order valence-electron chi connectivity index (χ1n) is 11.4. The van der Waals surface area contributed by atoms with Gasteiger partial charge in [0, 0.05) is 25.7 Å². The van der Waals surface area contributed by atoms with E-state index >= 15 is 0 Å². The minimum atomic E-state index is -1.91. The molecule has 0 aliphatic carbocycles. The van der Waals surface area contributed by atoms with Crippen LogP contribution in [-0.4, -0.2) is 88.3 Å². The summed E-state index contributed by atoms with van der Waals surface area (Å²) in [4.78, 5) is 29.5. The molecule has 1 aromatic rings. The Hall–Kier alpha value is -2.07. The highest BCUT2D eigenvalue weighted by Crippen LogP contribution is 2.22. The highest BCUT2D eigenvalue weighted by atomic mass is 19.1. The van der Waals surface area contributed by atoms with Crippen molar-refractivity contribution in [3.63, 3.8) is 0 Å². The molecular weight excluding hydrogens is 415 g/mol. The molecule has 8 nitrogen and oxygen atoms in total. The van der Waals surface area contributed by atoms with Gasteiger partial charge in [0.2, 0.25) is 0 Å². The molecule has 2 aliphatic heterocycles. The molecule has 9 heteroatoms. The predicted octanol–water partition coefficient (Wildman–Crippen LogP) is 0.0104. The lowest BCUT2D eigenvalue weighted by atomic mass is 9.92. The molecule has 4 atom stereocenters. The first kappa shape index (κ1) is 24.6. The van der Waals surface area contributed by atoms with E-state index in [9.17, 15) is 24.2 Å². The van der Waals surface area contributed by atoms with Crippen LogP contribution >= 0.6 is 0 Å². The third-order valence-corrected chi connectivity index (χ3v) is 6.53. The smallest absolute Gasteiger partial charge is 0.254 e. The summed E-state index contributed by atoms with van der Waals surface area (Å²) in [5.41, 5.74) is 5.67. The van der Waals surface area contributed by atoms with Crippen molar-refractivity contribution in [2.45, 2.75) is 62.8 Å². The molecule has 3 rings (SSSR count). The average molecular weight is 451 g/mol. The van der Waals surface area contributed by atoms with Crippen molar-refractivity contribution in [3.8, 4) is 0 Å². The van der Waals surface area contributed by atoms with Crippen LogP contribution in [0.5, 0.6) is 0 Å². The number of aliphatic hydroxyl groups is 2. The van der Waals surface area contributed by atoms with Crippen molar-refractivity contribution < 1.29 is 24.2 Å². The monoisotopic (exact) mass is 450 g/mol. The third-order valence-electron chi connectivity index (χ3n) is 6.53. The van der Waals surface area contributed by atoms with Crippen molar-refractivity contribution in [2.75, 3.05) is 32.7 Å². The van der Waals surface area contributed by atoms with Gasteiger partial charge in [0.1, 0.15) is 5.82 Å². The average Bonchev–Trinajstić information content (AvgIpc) is 3.46. The molecule has 2 heterocycles. The van der Waals surface area contributed by atoms with Gasteiger partial charge < -0.3 is 31.1 Å². The molecule has 2 fully saturated rings. The maximum absolute atomic E-state index is 13.2. The van der Waals surface area contributed by atoms with Crippen LogP contribution < -0.4 is 11.1 Å². The molecule has 0 saturated carbocycles. The van der Waals surface area contributed by atoms with Gasteiger partial charge in [-0.25, -0.2) is 4.39 Å². The zero-order valence-electron chi connectivity index (χ0n) is 18.7. The van der Waals surface area contributed by atoms with Crippen LogP contribution in [0.2, 0.25) is 0 Å². The SMILES string of the molecule is CC(CN)(Cc1ccc(F)cc1)NC(=O)[C@H](O)[C@@H](O)C(=O)N1CCC[C@H]1CN1CCCC1. The Bertz CT molecular complexity index is 787. The van der Waals surface area contributed by atoms with Gasteiger partial charge in [0.25, 0.3) is 11.8 Å². The third kappa shape index (κ3) is 6.04. The van der Waals surface area contributed by atoms with E-state index in [1.165, 1.54) is 12.1 Å². The van der Waals surface area contributed by atoms with Crippen LogP contribution in [0.15, 0.2) is 24.3 Å². The summed E-state index contributed by atoms with van der Waals surface area (Å²) >= 11 is 0. The number of amides is 2. The van der Waals surface area contributed by atoms with Gasteiger partial charge in [-0.15, -0.1) is 0 Å². The number of halogens is 1. The molecule has 0 spiro atoms. The lowest BCUT2D eigenvalue weighted by molar-refractivity contribution is -0.154. The number of nitrogens with one attached hydrogen (secondary N) is 1. The second-order valence-electron chi connectivity index (χ2n) is 9.28. The normalized spacial score (nSPS) is 23.0. The van der Waals surface area contributed by atoms with Crippen LogP contribution in [-0.2, 0) is 16.0 Å². The van der Waals surface area contributed by atoms with Gasteiger partial charge in [-0.1, -0.05) is 12.1 Å². The Labute approximate surface area is 188 Å². The van der Waals surface area contributed by atoms with E-state index < -0.39 is 29.6 Å². The Balaban J connectivity index is 1.59. The quantitative estimate of drug-likeness (QED) is 0.421. The van der Waals surface area contributed by atoms with Gasteiger partial charge in [-0.05, 0) is 69.8 Å². The minimum Gasteiger partial charge on any atom is -0.380 e. The maximum Gasteiger partial charge on any atom is 0.254 e. The minimum absolute atomic E-state index is 0.0155. The summed E-state index contributed by atoms with van der Waals surface area (Å²) in [6.07, 6.45) is 0.537. The zero-order chi connectivity index (χ0) is 23.3. The van der Waals surface area contributed by atoms with Crippen LogP contribution in [0.4, 0.5) is 4.39 Å². The first-order valence-corrected chi connectivity index (χ1v) is 11.4. The van der Waals surface area contributed by atoms with Crippen molar-refractivity contribution >= 4 is 11.8 Å². The number of likely N-dealkylation sites (tertiary alicyclic amines) is 2. The molecular formula is C23H35FN4O4. The van der Waals surface area contributed by atoms with Crippen molar-refractivity contribution in [1.29, 1.82) is 0 Å². The highest BCUT2D eigenvalue weighted by Gasteiger charge is 2.40. The molecule has 32 heavy (non-hydrogen) atoms. The number of nitrogens with zero attached hydrogens (tertiary/aromatic N) is 2. The number of rotatable bonds is 9. The van der Waals surface area contributed by atoms with E-state index in [-0.39, 0.29) is 18.4 Å². The molecule has 1 aromatic carbocycles. The van der Waals surface area contributed by atoms with Crippen molar-refractivity contribution in [1.82, 2.24) is 15.1 Å². The lowest BCUT2D eigenvalue weighted by Gasteiger charge is -2.33. The highest BCUT2D eigenvalue weighted by molar-refractivity contribution is 5.91. The molecule has 5 N–H and O–H groups in total. The number of carbonyl (C=O) groups excluding carboxylic acids is 2. The Morgan fingerprint density at radius 3 is 2.44 bits per heavy atom. The molecule has 2 amide bonds. The van der Waals surface area contributed by atoms with E-state index in [0.29, 0.717) is 13.0 Å². The van der Waals surface area contributed by atoms with Crippen molar-refractivity contribution in [3.05, 3.63) is 35.6 Å². The fourth-order valence-electron chi connectivity index (χ4n) is 4.62. The lowest BCUT2D eigenvalue weighted by Crippen LogP contribution is -2.59. The Morgan fingerprint density at radius 2 is 1.81 bits per heavy atom. The summed E-state index contributed by atoms with van der Waals surface area (Å²) in [5.74, 6) is -1.85. The fraction of sp³-hybridized carbons (Fsp3) is 0.652. The Kier molecular flexibility index (Phi) is 8.21. The standard InChI is InChI=1S/C23H35FN4O4/c1-23(15-25,13-16-6-8-17(24)9-7-16)26-21(31)19(29)20(30)22(32)28-12-4-5-18(28)14-27-10-2-3-11-27/h6-9,18-20,29-30H,2-5,10-15,25H2,1H3,(H,26,31)/t18-,19+,20+,23?/m0/s1. The maximum atomic E-state index is 13.2. The van der Waals surface area contributed by atoms with Crippen molar-refractivity contribution in [2.24, 2.45) is 5.73 Å². The van der Waals surface area contributed by atoms with E-state index in [1.807, 2.05) is 0 Å². The number of hydrogen-bond acceptors (Lipinski definition) is 6. The van der Waals surface area contributed by atoms with Gasteiger partial charge >= 0.3 is 0 Å². The molecule has 0 bridgehead atoms. The van der Waals surface area contributed by atoms with Crippen LogP contribution in [0.25, 0.3) is 0 Å².